The van der Waals surface area contributed by atoms with Crippen LogP contribution in [0.4, 0.5) is 11.8 Å². The summed E-state index contributed by atoms with van der Waals surface area (Å²) in [5.74, 6) is 0.0579. The fraction of sp³-hybridized carbons (Fsp3) is 0.286. The van der Waals surface area contributed by atoms with Gasteiger partial charge in [0.05, 0.1) is 5.56 Å². The van der Waals surface area contributed by atoms with Crippen LogP contribution in [0, 0.1) is 0 Å². The number of nitrogens with zero attached hydrogens (tertiary/aromatic N) is 2. The molecule has 0 radical (unpaired) electrons. The molecular formula is C14H14N4O3. The summed E-state index contributed by atoms with van der Waals surface area (Å²) in [6.07, 6.45) is 1.11. The molecule has 2 unspecified atom stereocenters. The third-order valence-corrected chi connectivity index (χ3v) is 4.11. The van der Waals surface area contributed by atoms with Gasteiger partial charge in [-0.05, 0) is 18.4 Å². The maximum Gasteiger partial charge on any atom is 0.283 e. The molecular weight excluding hydrogens is 272 g/mol. The smallest absolute Gasteiger partial charge is 0.283 e. The SMILES string of the molecule is Nc1nc(=O)c2c(n1O)NC1OC21CCc1ccccc1. The van der Waals surface area contributed by atoms with Gasteiger partial charge in [-0.25, -0.2) is 0 Å². The highest BCUT2D eigenvalue weighted by molar-refractivity contribution is 5.60. The molecule has 0 amide bonds. The van der Waals surface area contributed by atoms with Gasteiger partial charge in [-0.1, -0.05) is 30.3 Å². The van der Waals surface area contributed by atoms with Gasteiger partial charge in [0.1, 0.15) is 5.60 Å². The summed E-state index contributed by atoms with van der Waals surface area (Å²) < 4.78 is 6.35. The Balaban J connectivity index is 1.68. The summed E-state index contributed by atoms with van der Waals surface area (Å²) >= 11 is 0. The first-order chi connectivity index (χ1) is 10.1. The van der Waals surface area contributed by atoms with Crippen molar-refractivity contribution in [1.29, 1.82) is 0 Å². The van der Waals surface area contributed by atoms with Crippen molar-refractivity contribution in [2.45, 2.75) is 24.7 Å². The second-order valence-corrected chi connectivity index (χ2v) is 5.33. The number of nitrogen functional groups attached to an aromatic ring is 1. The van der Waals surface area contributed by atoms with Crippen LogP contribution in [0.3, 0.4) is 0 Å². The Bertz CT molecular complexity index is 774. The van der Waals surface area contributed by atoms with Crippen molar-refractivity contribution >= 4 is 11.8 Å². The van der Waals surface area contributed by atoms with E-state index in [9.17, 15) is 10.0 Å². The van der Waals surface area contributed by atoms with Crippen LogP contribution >= 0.6 is 0 Å². The van der Waals surface area contributed by atoms with Gasteiger partial charge in [0.15, 0.2) is 12.0 Å². The van der Waals surface area contributed by atoms with Crippen LogP contribution in [0.15, 0.2) is 35.1 Å². The Hall–Kier alpha value is -2.54. The van der Waals surface area contributed by atoms with Crippen molar-refractivity contribution in [3.05, 3.63) is 51.8 Å². The van der Waals surface area contributed by atoms with Crippen molar-refractivity contribution in [3.63, 3.8) is 0 Å². The third-order valence-electron chi connectivity index (χ3n) is 4.11. The predicted octanol–water partition coefficient (Wildman–Crippen LogP) is 0.673. The zero-order valence-electron chi connectivity index (χ0n) is 11.1. The first-order valence-electron chi connectivity index (χ1n) is 6.72. The van der Waals surface area contributed by atoms with Gasteiger partial charge in [-0.15, -0.1) is 4.73 Å². The fourth-order valence-electron chi connectivity index (χ4n) is 2.97. The second-order valence-electron chi connectivity index (χ2n) is 5.33. The van der Waals surface area contributed by atoms with Gasteiger partial charge < -0.3 is 21.0 Å². The number of hydrogen-bond acceptors (Lipinski definition) is 6. The predicted molar refractivity (Wildman–Crippen MR) is 75.0 cm³/mol. The van der Waals surface area contributed by atoms with Crippen molar-refractivity contribution in [3.8, 4) is 0 Å². The topological polar surface area (TPSA) is 106 Å². The van der Waals surface area contributed by atoms with Crippen molar-refractivity contribution in [1.82, 2.24) is 9.71 Å². The fourth-order valence-corrected chi connectivity index (χ4v) is 2.97. The minimum absolute atomic E-state index is 0.231. The van der Waals surface area contributed by atoms with E-state index in [4.69, 9.17) is 10.5 Å². The Morgan fingerprint density at radius 1 is 1.43 bits per heavy atom. The Kier molecular flexibility index (Phi) is 2.32. The van der Waals surface area contributed by atoms with E-state index in [0.717, 1.165) is 6.42 Å². The van der Waals surface area contributed by atoms with Gasteiger partial charge in [0, 0.05) is 0 Å². The van der Waals surface area contributed by atoms with Crippen LogP contribution < -0.4 is 16.6 Å². The first-order valence-corrected chi connectivity index (χ1v) is 6.72. The third kappa shape index (κ3) is 1.64. The van der Waals surface area contributed by atoms with Crippen molar-refractivity contribution in [2.24, 2.45) is 0 Å². The normalized spacial score (nSPS) is 25.0. The van der Waals surface area contributed by atoms with Crippen molar-refractivity contribution in [2.75, 3.05) is 11.1 Å². The van der Waals surface area contributed by atoms with E-state index < -0.39 is 11.2 Å². The monoisotopic (exact) mass is 286 g/mol. The largest absolute Gasteiger partial charge is 0.424 e. The number of epoxide rings is 1. The molecule has 2 aliphatic rings. The zero-order valence-corrected chi connectivity index (χ0v) is 11.1. The number of aromatic nitrogens is 2. The lowest BCUT2D eigenvalue weighted by atomic mass is 9.94. The maximum atomic E-state index is 12.1. The molecule has 2 aromatic rings. The lowest BCUT2D eigenvalue weighted by molar-refractivity contribution is 0.186. The summed E-state index contributed by atoms with van der Waals surface area (Å²) in [5, 5.41) is 12.8. The van der Waals surface area contributed by atoms with E-state index in [0.29, 0.717) is 16.7 Å². The van der Waals surface area contributed by atoms with E-state index in [-0.39, 0.29) is 18.0 Å². The van der Waals surface area contributed by atoms with Gasteiger partial charge in [0.25, 0.3) is 5.56 Å². The Labute approximate surface area is 119 Å². The Morgan fingerprint density at radius 3 is 2.95 bits per heavy atom. The first kappa shape index (κ1) is 12.2. The van der Waals surface area contributed by atoms with E-state index >= 15 is 0 Å². The summed E-state index contributed by atoms with van der Waals surface area (Å²) in [7, 11) is 0. The summed E-state index contributed by atoms with van der Waals surface area (Å²) in [6, 6.07) is 9.97. The minimum atomic E-state index is -0.701. The average Bonchev–Trinajstić information content (AvgIpc) is 3.08. The number of fused-ring (bicyclic) bond motifs is 3. The van der Waals surface area contributed by atoms with Crippen molar-refractivity contribution < 1.29 is 9.94 Å². The van der Waals surface area contributed by atoms with Gasteiger partial charge >= 0.3 is 0 Å². The quantitative estimate of drug-likeness (QED) is 0.566. The van der Waals surface area contributed by atoms with E-state index in [1.807, 2.05) is 30.3 Å². The second kappa shape index (κ2) is 3.98. The number of benzene rings is 1. The molecule has 7 nitrogen and oxygen atoms in total. The van der Waals surface area contributed by atoms with Gasteiger partial charge in [-0.2, -0.15) is 4.98 Å². The number of anilines is 2. The minimum Gasteiger partial charge on any atom is -0.424 e. The molecule has 2 aliphatic heterocycles. The molecule has 21 heavy (non-hydrogen) atoms. The number of ether oxygens (including phenoxy) is 1. The molecule has 0 bridgehead atoms. The molecule has 1 aromatic heterocycles. The summed E-state index contributed by atoms with van der Waals surface area (Å²) in [4.78, 5) is 15.7. The van der Waals surface area contributed by atoms with Gasteiger partial charge in [-0.3, -0.25) is 4.79 Å². The number of nitrogens with two attached hydrogens (primary N) is 1. The molecule has 1 aromatic carbocycles. The molecule has 108 valence electrons. The molecule has 1 saturated heterocycles. The zero-order chi connectivity index (χ0) is 14.6. The van der Waals surface area contributed by atoms with Gasteiger partial charge in [0.2, 0.25) is 5.95 Å². The lowest BCUT2D eigenvalue weighted by Gasteiger charge is -2.13. The highest BCUT2D eigenvalue weighted by atomic mass is 16.6. The molecule has 3 heterocycles. The van der Waals surface area contributed by atoms with E-state index in [2.05, 4.69) is 10.3 Å². The van der Waals surface area contributed by atoms with Crippen LogP contribution in [-0.4, -0.2) is 21.1 Å². The number of nitrogens with one attached hydrogen (secondary N) is 1. The van der Waals surface area contributed by atoms with Crippen LogP contribution in [0.1, 0.15) is 17.5 Å². The molecule has 2 atom stereocenters. The van der Waals surface area contributed by atoms with Crippen LogP contribution in [0.25, 0.3) is 0 Å². The number of rotatable bonds is 3. The summed E-state index contributed by atoms with van der Waals surface area (Å²) in [6.45, 7) is 0. The molecule has 7 heteroatoms. The molecule has 1 fully saturated rings. The molecule has 4 rings (SSSR count). The van der Waals surface area contributed by atoms with Crippen LogP contribution in [0.5, 0.6) is 0 Å². The average molecular weight is 286 g/mol. The number of aryl methyl sites for hydroxylation is 1. The maximum absolute atomic E-state index is 12.1. The van der Waals surface area contributed by atoms with E-state index in [1.165, 1.54) is 5.56 Å². The highest BCUT2D eigenvalue weighted by Crippen LogP contribution is 2.55. The molecule has 0 aliphatic carbocycles. The molecule has 0 saturated carbocycles. The number of hydrogen-bond donors (Lipinski definition) is 3. The van der Waals surface area contributed by atoms with E-state index in [1.54, 1.807) is 0 Å². The van der Waals surface area contributed by atoms with Crippen LogP contribution in [-0.2, 0) is 16.8 Å². The summed E-state index contributed by atoms with van der Waals surface area (Å²) in [5.41, 5.74) is 5.86. The van der Waals surface area contributed by atoms with Crippen LogP contribution in [0.2, 0.25) is 0 Å². The Morgan fingerprint density at radius 2 is 2.19 bits per heavy atom. The highest BCUT2D eigenvalue weighted by Gasteiger charge is 2.65. The molecule has 0 spiro atoms. The standard InChI is InChI=1S/C14H14N4O3/c15-13-17-11(19)9-10(18(13)20)16-12-14(9,21-12)7-6-8-4-2-1-3-5-8/h1-5,12,16,20H,6-7H2,(H2,15,17,19). The molecule has 4 N–H and O–H groups in total. The lowest BCUT2D eigenvalue weighted by Crippen LogP contribution is -2.26.